The van der Waals surface area contributed by atoms with Gasteiger partial charge in [0.1, 0.15) is 0 Å². The fourth-order valence-electron chi connectivity index (χ4n) is 3.35. The lowest BCUT2D eigenvalue weighted by Crippen LogP contribution is -2.33. The molecule has 2 amide bonds. The maximum Gasteiger partial charge on any atom is 0.260 e. The summed E-state index contributed by atoms with van der Waals surface area (Å²) in [5.41, 5.74) is 3.16. The quantitative estimate of drug-likeness (QED) is 0.913. The van der Waals surface area contributed by atoms with Crippen molar-refractivity contribution in [2.45, 2.75) is 32.2 Å². The van der Waals surface area contributed by atoms with Gasteiger partial charge in [-0.05, 0) is 55.5 Å². The van der Waals surface area contributed by atoms with Gasteiger partial charge in [0.05, 0.1) is 23.7 Å². The Balaban J connectivity index is 1.63. The van der Waals surface area contributed by atoms with Crippen molar-refractivity contribution in [3.63, 3.8) is 0 Å². The maximum absolute atomic E-state index is 12.9. The molecule has 25 heavy (non-hydrogen) atoms. The number of hydrogen-bond acceptors (Lipinski definition) is 3. The number of hydrogen-bond donors (Lipinski definition) is 1. The van der Waals surface area contributed by atoms with Crippen molar-refractivity contribution in [1.82, 2.24) is 10.3 Å². The summed E-state index contributed by atoms with van der Waals surface area (Å²) in [6.07, 6.45) is 4.31. The number of rotatable bonds is 5. The van der Waals surface area contributed by atoms with Crippen LogP contribution in [0.25, 0.3) is 0 Å². The van der Waals surface area contributed by atoms with Crippen molar-refractivity contribution in [3.8, 4) is 0 Å². The number of carbonyl (C=O) groups is 2. The summed E-state index contributed by atoms with van der Waals surface area (Å²) >= 11 is 0. The average molecular weight is 335 g/mol. The molecule has 1 fully saturated rings. The molecule has 0 radical (unpaired) electrons. The van der Waals surface area contributed by atoms with Gasteiger partial charge in [0.2, 0.25) is 5.91 Å². The minimum absolute atomic E-state index is 0.0270. The topological polar surface area (TPSA) is 62.3 Å². The normalized spacial score (nSPS) is 19.0. The number of aromatic nitrogens is 1. The summed E-state index contributed by atoms with van der Waals surface area (Å²) in [6.45, 7) is 2.73. The van der Waals surface area contributed by atoms with Gasteiger partial charge in [-0.25, -0.2) is 0 Å². The third kappa shape index (κ3) is 3.14. The van der Waals surface area contributed by atoms with Crippen LogP contribution in [0, 0.1) is 12.8 Å². The number of nitrogens with one attached hydrogen (secondary N) is 1. The lowest BCUT2D eigenvalue weighted by molar-refractivity contribution is -0.121. The monoisotopic (exact) mass is 335 g/mol. The van der Waals surface area contributed by atoms with Crippen molar-refractivity contribution in [3.05, 3.63) is 59.4 Å². The van der Waals surface area contributed by atoms with Gasteiger partial charge >= 0.3 is 0 Å². The van der Waals surface area contributed by atoms with E-state index in [-0.39, 0.29) is 24.3 Å². The minimum atomic E-state index is -0.357. The molecule has 0 unspecified atom stereocenters. The Morgan fingerprint density at radius 2 is 2.12 bits per heavy atom. The second-order valence-corrected chi connectivity index (χ2v) is 6.92. The molecule has 0 saturated heterocycles. The number of aryl methyl sites for hydroxylation is 1. The van der Waals surface area contributed by atoms with E-state index in [0.717, 1.165) is 17.8 Å². The van der Waals surface area contributed by atoms with Crippen LogP contribution >= 0.6 is 0 Å². The molecule has 1 aliphatic heterocycles. The molecular weight excluding hydrogens is 314 g/mol. The molecule has 1 aromatic carbocycles. The second-order valence-electron chi connectivity index (χ2n) is 6.92. The summed E-state index contributed by atoms with van der Waals surface area (Å²) in [7, 11) is 0. The third-order valence-corrected chi connectivity index (χ3v) is 4.86. The number of fused-ring (bicyclic) bond motifs is 1. The van der Waals surface area contributed by atoms with E-state index in [2.05, 4.69) is 10.3 Å². The molecule has 0 bridgehead atoms. The summed E-state index contributed by atoms with van der Waals surface area (Å²) in [5, 5.41) is 3.00. The summed E-state index contributed by atoms with van der Waals surface area (Å²) < 4.78 is 0. The van der Waals surface area contributed by atoms with Crippen LogP contribution in [0.15, 0.2) is 42.6 Å². The molecule has 4 rings (SSSR count). The van der Waals surface area contributed by atoms with Crippen LogP contribution in [0.4, 0.5) is 5.69 Å². The lowest BCUT2D eigenvalue weighted by atomic mass is 10.1. The zero-order valence-electron chi connectivity index (χ0n) is 14.2. The first-order valence-electron chi connectivity index (χ1n) is 8.75. The Kier molecular flexibility index (Phi) is 3.99. The van der Waals surface area contributed by atoms with Gasteiger partial charge < -0.3 is 5.32 Å². The molecular formula is C20H21N3O2. The molecule has 2 aliphatic rings. The fourth-order valence-corrected chi connectivity index (χ4v) is 3.35. The van der Waals surface area contributed by atoms with Crippen molar-refractivity contribution < 1.29 is 9.59 Å². The highest BCUT2D eigenvalue weighted by atomic mass is 16.2. The first kappa shape index (κ1) is 15.8. The zero-order chi connectivity index (χ0) is 17.4. The molecule has 2 aromatic rings. The first-order chi connectivity index (χ1) is 12.1. The van der Waals surface area contributed by atoms with Gasteiger partial charge in [0, 0.05) is 18.4 Å². The standard InChI is InChI=1S/C20H21N3O2/c1-13-4-2-5-15(10-13)23-17(11-18(24)22-12-14-7-8-14)19-16(20(23)25)6-3-9-21-19/h2-6,9-10,14,17H,7-8,11-12H2,1H3,(H,22,24)/t17-/m0/s1. The van der Waals surface area contributed by atoms with Crippen LogP contribution in [-0.2, 0) is 4.79 Å². The van der Waals surface area contributed by atoms with Crippen molar-refractivity contribution >= 4 is 17.5 Å². The Morgan fingerprint density at radius 3 is 2.88 bits per heavy atom. The number of anilines is 1. The molecule has 1 aromatic heterocycles. The predicted molar refractivity (Wildman–Crippen MR) is 95.3 cm³/mol. The molecule has 1 saturated carbocycles. The van der Waals surface area contributed by atoms with Crippen LogP contribution < -0.4 is 10.2 Å². The van der Waals surface area contributed by atoms with Crippen LogP contribution in [0.1, 0.15) is 46.9 Å². The SMILES string of the molecule is Cc1cccc(N2C(=O)c3cccnc3[C@@H]2CC(=O)NCC2CC2)c1. The smallest absolute Gasteiger partial charge is 0.260 e. The maximum atomic E-state index is 12.9. The van der Waals surface area contributed by atoms with E-state index in [4.69, 9.17) is 0 Å². The number of carbonyl (C=O) groups excluding carboxylic acids is 2. The summed E-state index contributed by atoms with van der Waals surface area (Å²) in [5.74, 6) is 0.516. The van der Waals surface area contributed by atoms with Crippen molar-refractivity contribution in [2.75, 3.05) is 11.4 Å². The van der Waals surface area contributed by atoms with Crippen molar-refractivity contribution in [2.24, 2.45) is 5.92 Å². The van der Waals surface area contributed by atoms with Crippen LogP contribution in [-0.4, -0.2) is 23.3 Å². The Morgan fingerprint density at radius 1 is 1.28 bits per heavy atom. The summed E-state index contributed by atoms with van der Waals surface area (Å²) in [6, 6.07) is 11.0. The number of benzene rings is 1. The molecule has 128 valence electrons. The van der Waals surface area contributed by atoms with Gasteiger partial charge in [0.15, 0.2) is 0 Å². The average Bonchev–Trinajstić information content (AvgIpc) is 3.39. The van der Waals surface area contributed by atoms with Crippen LogP contribution in [0.3, 0.4) is 0 Å². The number of amides is 2. The summed E-state index contributed by atoms with van der Waals surface area (Å²) in [4.78, 5) is 31.5. The highest BCUT2D eigenvalue weighted by Gasteiger charge is 2.40. The van der Waals surface area contributed by atoms with E-state index in [1.54, 1.807) is 23.2 Å². The van der Waals surface area contributed by atoms with E-state index < -0.39 is 0 Å². The predicted octanol–water partition coefficient (Wildman–Crippen LogP) is 3.01. The van der Waals surface area contributed by atoms with Gasteiger partial charge in [-0.15, -0.1) is 0 Å². The molecule has 0 spiro atoms. The molecule has 1 atom stereocenters. The van der Waals surface area contributed by atoms with E-state index in [0.29, 0.717) is 17.2 Å². The molecule has 5 nitrogen and oxygen atoms in total. The Bertz CT molecular complexity index is 829. The molecule has 1 aliphatic carbocycles. The highest BCUT2D eigenvalue weighted by Crippen LogP contribution is 2.38. The fraction of sp³-hybridized carbons (Fsp3) is 0.350. The molecule has 5 heteroatoms. The van der Waals surface area contributed by atoms with Gasteiger partial charge in [-0.2, -0.15) is 0 Å². The van der Waals surface area contributed by atoms with Gasteiger partial charge in [-0.1, -0.05) is 12.1 Å². The Labute approximate surface area is 147 Å². The van der Waals surface area contributed by atoms with Gasteiger partial charge in [0.25, 0.3) is 5.91 Å². The van der Waals surface area contributed by atoms with Gasteiger partial charge in [-0.3, -0.25) is 19.5 Å². The zero-order valence-corrected chi connectivity index (χ0v) is 14.2. The highest BCUT2D eigenvalue weighted by molar-refractivity contribution is 6.11. The number of nitrogens with zero attached hydrogens (tertiary/aromatic N) is 2. The third-order valence-electron chi connectivity index (χ3n) is 4.86. The van der Waals surface area contributed by atoms with Crippen LogP contribution in [0.2, 0.25) is 0 Å². The van der Waals surface area contributed by atoms with E-state index in [1.165, 1.54) is 12.8 Å². The lowest BCUT2D eigenvalue weighted by Gasteiger charge is -2.25. The number of pyridine rings is 1. The van der Waals surface area contributed by atoms with Crippen LogP contribution in [0.5, 0.6) is 0 Å². The largest absolute Gasteiger partial charge is 0.356 e. The van der Waals surface area contributed by atoms with E-state index >= 15 is 0 Å². The molecule has 2 heterocycles. The molecule has 1 N–H and O–H groups in total. The van der Waals surface area contributed by atoms with E-state index in [1.807, 2.05) is 31.2 Å². The van der Waals surface area contributed by atoms with Crippen molar-refractivity contribution in [1.29, 1.82) is 0 Å². The van der Waals surface area contributed by atoms with E-state index in [9.17, 15) is 9.59 Å². The first-order valence-corrected chi connectivity index (χ1v) is 8.75. The minimum Gasteiger partial charge on any atom is -0.356 e. The Hall–Kier alpha value is -2.69. The second kappa shape index (κ2) is 6.31.